The molecule has 2 aliphatic carbocycles. The van der Waals surface area contributed by atoms with Crippen LogP contribution in [0.4, 0.5) is 0 Å². The fraction of sp³-hybridized carbons (Fsp3) is 0.630. The molecule has 3 aromatic rings. The second kappa shape index (κ2) is 35.0. The average molecular weight is 1290 g/mol. The minimum Gasteiger partial charge on any atom is -1.00 e. The van der Waals surface area contributed by atoms with Crippen LogP contribution in [0.5, 0.6) is 0 Å². The largest absolute Gasteiger partial charge is 1.00 e. The van der Waals surface area contributed by atoms with E-state index in [1.165, 1.54) is 17.8 Å². The number of carbonyl (C=O) groups excluding carboxylic acids is 8. The van der Waals surface area contributed by atoms with Crippen molar-refractivity contribution in [3.63, 3.8) is 0 Å². The number of halogens is 3. The Hall–Kier alpha value is -1.78. The zero-order valence-corrected chi connectivity index (χ0v) is 53.4. The van der Waals surface area contributed by atoms with Gasteiger partial charge in [0.15, 0.2) is 11.2 Å². The molecule has 0 bridgehead atoms. The summed E-state index contributed by atoms with van der Waals surface area (Å²) in [4.78, 5) is 101. The number of carbonyl (C=O) groups is 8. The summed E-state index contributed by atoms with van der Waals surface area (Å²) >= 11 is 13.6. The van der Waals surface area contributed by atoms with E-state index in [4.69, 9.17) is 0 Å². The second-order valence-corrected chi connectivity index (χ2v) is 26.5. The molecule has 74 heavy (non-hydrogen) atoms. The molecule has 7 atom stereocenters. The second-order valence-electron chi connectivity index (χ2n) is 19.1. The normalized spacial score (nSPS) is 18.4. The van der Waals surface area contributed by atoms with Crippen molar-refractivity contribution in [2.24, 2.45) is 29.6 Å². The van der Waals surface area contributed by atoms with Crippen LogP contribution in [-0.4, -0.2) is 76.5 Å². The minimum absolute atomic E-state index is 0. The van der Waals surface area contributed by atoms with E-state index in [0.717, 1.165) is 97.1 Å². The Bertz CT molecular complexity index is 2190. The summed E-state index contributed by atoms with van der Waals surface area (Å²) in [6, 6.07) is 10.00. The summed E-state index contributed by atoms with van der Waals surface area (Å²) in [5.74, 6) is -4.89. The summed E-state index contributed by atoms with van der Waals surface area (Å²) in [5.41, 5.74) is -4.59. The van der Waals surface area contributed by atoms with Gasteiger partial charge in [-0.25, -0.2) is 0 Å². The van der Waals surface area contributed by atoms with Crippen LogP contribution < -0.4 is 45.5 Å². The number of ketones is 5. The third-order valence-corrected chi connectivity index (χ3v) is 19.0. The summed E-state index contributed by atoms with van der Waals surface area (Å²) in [6.07, 6.45) is 13.1. The molecule has 0 saturated heterocycles. The number of unbranched alkanes of at least 4 members (excludes halogenated alkanes) is 3. The fourth-order valence-corrected chi connectivity index (χ4v) is 13.2. The number of thiophene rings is 3. The molecule has 0 aromatic carbocycles. The molecule has 7 unspecified atom stereocenters. The third kappa shape index (κ3) is 20.5. The molecule has 3 aromatic heterocycles. The van der Waals surface area contributed by atoms with Crippen LogP contribution in [0.3, 0.4) is 0 Å². The van der Waals surface area contributed by atoms with E-state index in [1.54, 1.807) is 36.4 Å². The average Bonchev–Trinajstić information content (AvgIpc) is 4.16. The zero-order valence-electron chi connectivity index (χ0n) is 45.2. The van der Waals surface area contributed by atoms with Crippen molar-refractivity contribution in [2.75, 3.05) is 19.6 Å². The van der Waals surface area contributed by atoms with Gasteiger partial charge in [0.2, 0.25) is 0 Å². The molecule has 0 radical (unpaired) electrons. The Labute approximate surface area is 499 Å². The quantitative estimate of drug-likeness (QED) is 0.0292. The number of hydrogen-bond acceptors (Lipinski definition) is 13. The predicted molar refractivity (Wildman–Crippen MR) is 303 cm³/mol. The van der Waals surface area contributed by atoms with Crippen molar-refractivity contribution in [1.29, 1.82) is 0 Å². The van der Waals surface area contributed by atoms with Crippen LogP contribution in [0.15, 0.2) is 47.8 Å². The van der Waals surface area contributed by atoms with Crippen molar-refractivity contribution in [1.82, 2.24) is 16.0 Å². The van der Waals surface area contributed by atoms with Crippen molar-refractivity contribution < 1.29 is 79.6 Å². The first kappa shape index (κ1) is 68.3. The molecule has 2 aliphatic rings. The summed E-state index contributed by atoms with van der Waals surface area (Å²) in [6.45, 7) is 13.9. The number of rotatable bonds is 26. The third-order valence-electron chi connectivity index (χ3n) is 13.8. The SMILES string of the molecule is CCCCC(CC)CNC(=O)C(=O)c1ccc(Br)s1.CCCCC(CC)CNC(=O)C(O)(c1ccc(Br)s1)C1CC(=O)C(C(O)(C(=O)NCC(CC)CCCC)c2ccc(Br)s2)CC1=O.O=C1CCC(=O)CC1.[H-].[Na+]. The van der Waals surface area contributed by atoms with Crippen molar-refractivity contribution in [3.05, 3.63) is 62.4 Å². The molecule has 3 heterocycles. The van der Waals surface area contributed by atoms with E-state index in [2.05, 4.69) is 105 Å². The molecule has 0 spiro atoms. The Morgan fingerprint density at radius 1 is 0.568 bits per heavy atom. The van der Waals surface area contributed by atoms with Crippen molar-refractivity contribution >= 4 is 128 Å². The van der Waals surface area contributed by atoms with Crippen molar-refractivity contribution in [3.8, 4) is 0 Å². The van der Waals surface area contributed by atoms with Crippen LogP contribution in [0.2, 0.25) is 0 Å². The standard InChI is InChI=1S/C34H48Br2N2O6S2.C14H20BrNO2S.C6H8O2.Na.H/c1-5-9-11-21(7-3)19-37-31(41)33(43,27-13-15-29(35)45-27)23-17-26(40)24(18-25(23)39)34(44,28-14-16-30(36)46-28)32(42)38-20-22(8-4)12-10-6-2;1-3-5-6-10(4-2)9-16-14(18)13(17)11-7-8-12(15)19-11;7-5-1-2-6(8)4-3-5;;/h13-16,21-24,43-44H,5-12,17-20H2,1-4H3,(H,37,41)(H,38,42);7-8,10H,3-6,9H2,1-2H3,(H,16,18);1-4H2;;/q;;;+1;-1. The first-order chi connectivity index (χ1) is 34.7. The maximum Gasteiger partial charge on any atom is 1.00 e. The van der Waals surface area contributed by atoms with Gasteiger partial charge in [0.1, 0.15) is 23.1 Å². The van der Waals surface area contributed by atoms with E-state index in [-0.39, 0.29) is 64.1 Å². The molecule has 5 N–H and O–H groups in total. The summed E-state index contributed by atoms with van der Waals surface area (Å²) in [5, 5.41) is 32.8. The number of hydrogen-bond donors (Lipinski definition) is 5. The van der Waals surface area contributed by atoms with E-state index < -0.39 is 71.0 Å². The van der Waals surface area contributed by atoms with E-state index >= 15 is 0 Å². The molecular weight excluding hydrogens is 1210 g/mol. The molecule has 2 fully saturated rings. The molecule has 5 rings (SSSR count). The van der Waals surface area contributed by atoms with E-state index in [0.29, 0.717) is 63.7 Å². The number of amides is 3. The minimum atomic E-state index is -2.29. The van der Waals surface area contributed by atoms with Gasteiger partial charge in [-0.15, -0.1) is 34.0 Å². The van der Waals surface area contributed by atoms with Crippen LogP contribution >= 0.6 is 81.8 Å². The van der Waals surface area contributed by atoms with E-state index in [1.807, 2.05) is 0 Å². The first-order valence-electron chi connectivity index (χ1n) is 25.9. The smallest absolute Gasteiger partial charge is 1.00 e. The Morgan fingerprint density at radius 2 is 0.905 bits per heavy atom. The van der Waals surface area contributed by atoms with Gasteiger partial charge in [0.05, 0.1) is 28.1 Å². The number of aliphatic hydroxyl groups is 2. The van der Waals surface area contributed by atoms with Crippen molar-refractivity contribution in [2.45, 2.75) is 168 Å². The Morgan fingerprint density at radius 3 is 1.20 bits per heavy atom. The maximum atomic E-state index is 14.0. The Kier molecular flexibility index (Phi) is 32.3. The summed E-state index contributed by atoms with van der Waals surface area (Å²) < 4.78 is 2.18. The van der Waals surface area contributed by atoms with Crippen LogP contribution in [0.25, 0.3) is 0 Å². The monoisotopic (exact) mass is 1280 g/mol. The maximum absolute atomic E-state index is 14.0. The van der Waals surface area contributed by atoms with E-state index in [9.17, 15) is 48.6 Å². The van der Waals surface area contributed by atoms with Crippen LogP contribution in [0.1, 0.15) is 178 Å². The van der Waals surface area contributed by atoms with Gasteiger partial charge in [-0.05, 0) is 121 Å². The number of Topliss-reactive ketones (excluding diaryl/α,β-unsaturated/α-hetero) is 5. The summed E-state index contributed by atoms with van der Waals surface area (Å²) in [7, 11) is 0. The molecule has 408 valence electrons. The van der Waals surface area contributed by atoms with Crippen LogP contribution in [-0.2, 0) is 44.8 Å². The predicted octanol–water partition coefficient (Wildman–Crippen LogP) is 9.08. The van der Waals surface area contributed by atoms with Gasteiger partial charge in [0.25, 0.3) is 23.5 Å². The van der Waals surface area contributed by atoms with Gasteiger partial charge >= 0.3 is 29.6 Å². The topological polar surface area (TPSA) is 213 Å². The fourth-order valence-electron chi connectivity index (χ4n) is 8.84. The van der Waals surface area contributed by atoms with Gasteiger partial charge in [-0.3, -0.25) is 38.4 Å². The van der Waals surface area contributed by atoms with Gasteiger partial charge in [0, 0.05) is 67.9 Å². The first-order valence-corrected chi connectivity index (χ1v) is 30.8. The molecule has 20 heteroatoms. The Balaban J connectivity index is 0.000000793. The van der Waals surface area contributed by atoms with Gasteiger partial charge < -0.3 is 27.6 Å². The van der Waals surface area contributed by atoms with Crippen LogP contribution in [0, 0.1) is 29.6 Å². The van der Waals surface area contributed by atoms with Gasteiger partial charge in [-0.2, -0.15) is 0 Å². The molecule has 3 amide bonds. The molecule has 0 aliphatic heterocycles. The molecule has 2 saturated carbocycles. The number of nitrogens with one attached hydrogen (secondary N) is 3. The van der Waals surface area contributed by atoms with Gasteiger partial charge in [-0.1, -0.05) is 99.3 Å². The zero-order chi connectivity index (χ0) is 54.3. The molecule has 13 nitrogen and oxygen atoms in total. The molecular formula is C54H77Br3N3NaO10S3.